The van der Waals surface area contributed by atoms with Crippen LogP contribution < -0.4 is 5.32 Å². The Kier molecular flexibility index (Phi) is 3.95. The molecule has 5 heteroatoms. The van der Waals surface area contributed by atoms with Crippen molar-refractivity contribution in [1.82, 2.24) is 0 Å². The van der Waals surface area contributed by atoms with Crippen molar-refractivity contribution < 1.29 is 13.6 Å². The van der Waals surface area contributed by atoms with E-state index in [0.717, 1.165) is 6.07 Å². The van der Waals surface area contributed by atoms with Gasteiger partial charge in [-0.05, 0) is 64.8 Å². The molecule has 2 aromatic rings. The number of rotatable bonds is 2. The molecule has 2 rings (SSSR count). The number of hydrogen-bond donors (Lipinski definition) is 1. The van der Waals surface area contributed by atoms with Gasteiger partial charge in [0, 0.05) is 11.3 Å². The van der Waals surface area contributed by atoms with Gasteiger partial charge in [-0.15, -0.1) is 0 Å². The minimum Gasteiger partial charge on any atom is -0.322 e. The number of nitrogens with one attached hydrogen (secondary N) is 1. The number of hydrogen-bond acceptors (Lipinski definition) is 1. The summed E-state index contributed by atoms with van der Waals surface area (Å²) in [6, 6.07) is 8.33. The number of benzene rings is 2. The first kappa shape index (κ1) is 13.7. The highest BCUT2D eigenvalue weighted by molar-refractivity contribution is 9.10. The van der Waals surface area contributed by atoms with Crippen LogP contribution in [0.4, 0.5) is 14.5 Å². The molecule has 0 unspecified atom stereocenters. The Morgan fingerprint density at radius 3 is 2.47 bits per heavy atom. The van der Waals surface area contributed by atoms with Crippen LogP contribution in [0.3, 0.4) is 0 Å². The summed E-state index contributed by atoms with van der Waals surface area (Å²) in [5.74, 6) is -1.30. The van der Waals surface area contributed by atoms with Crippen LogP contribution >= 0.6 is 15.9 Å². The zero-order chi connectivity index (χ0) is 14.0. The van der Waals surface area contributed by atoms with Crippen molar-refractivity contribution in [2.45, 2.75) is 6.92 Å². The molecule has 0 aromatic heterocycles. The molecule has 2 nitrogen and oxygen atoms in total. The molecule has 0 spiro atoms. The fraction of sp³-hybridized carbons (Fsp3) is 0.0714. The molecule has 1 N–H and O–H groups in total. The lowest BCUT2D eigenvalue weighted by molar-refractivity contribution is 0.102. The van der Waals surface area contributed by atoms with Crippen molar-refractivity contribution >= 4 is 27.5 Å². The molecule has 0 aliphatic carbocycles. The Bertz CT molecular complexity index is 643. The third kappa shape index (κ3) is 3.17. The first-order chi connectivity index (χ1) is 8.97. The second-order valence-electron chi connectivity index (χ2n) is 4.05. The molecule has 2 aromatic carbocycles. The predicted octanol–water partition coefficient (Wildman–Crippen LogP) is 4.29. The van der Waals surface area contributed by atoms with E-state index in [1.807, 2.05) is 0 Å². The number of halogens is 3. The maximum atomic E-state index is 13.3. The minimum atomic E-state index is -0.511. The molecule has 98 valence electrons. The Labute approximate surface area is 117 Å². The van der Waals surface area contributed by atoms with Crippen LogP contribution in [0.25, 0.3) is 0 Å². The van der Waals surface area contributed by atoms with Crippen LogP contribution in [-0.2, 0) is 0 Å². The number of aryl methyl sites for hydroxylation is 1. The molecule has 0 atom stereocenters. The van der Waals surface area contributed by atoms with Gasteiger partial charge in [0.05, 0.1) is 4.47 Å². The van der Waals surface area contributed by atoms with Gasteiger partial charge in [-0.2, -0.15) is 0 Å². The van der Waals surface area contributed by atoms with E-state index in [1.165, 1.54) is 30.3 Å². The normalized spacial score (nSPS) is 10.3. The summed E-state index contributed by atoms with van der Waals surface area (Å²) in [5.41, 5.74) is 1.09. The van der Waals surface area contributed by atoms with Gasteiger partial charge in [-0.3, -0.25) is 4.79 Å². The molecule has 0 aliphatic heterocycles. The molecular weight excluding hydrogens is 316 g/mol. The molecule has 0 fully saturated rings. The fourth-order valence-corrected chi connectivity index (χ4v) is 1.81. The monoisotopic (exact) mass is 325 g/mol. The molecule has 0 radical (unpaired) electrons. The van der Waals surface area contributed by atoms with E-state index in [0.29, 0.717) is 15.7 Å². The highest BCUT2D eigenvalue weighted by atomic mass is 79.9. The van der Waals surface area contributed by atoms with E-state index in [2.05, 4.69) is 21.2 Å². The fourth-order valence-electron chi connectivity index (χ4n) is 1.56. The van der Waals surface area contributed by atoms with Gasteiger partial charge in [-0.25, -0.2) is 8.78 Å². The zero-order valence-corrected chi connectivity index (χ0v) is 11.6. The maximum absolute atomic E-state index is 13.3. The summed E-state index contributed by atoms with van der Waals surface area (Å²) in [4.78, 5) is 11.9. The lowest BCUT2D eigenvalue weighted by atomic mass is 10.2. The predicted molar refractivity (Wildman–Crippen MR) is 73.2 cm³/mol. The van der Waals surface area contributed by atoms with Gasteiger partial charge in [0.25, 0.3) is 5.91 Å². The number of amides is 1. The van der Waals surface area contributed by atoms with Crippen LogP contribution in [0.5, 0.6) is 0 Å². The Hall–Kier alpha value is -1.75. The Morgan fingerprint density at radius 1 is 1.11 bits per heavy atom. The third-order valence-corrected chi connectivity index (χ3v) is 3.24. The Morgan fingerprint density at radius 2 is 1.84 bits per heavy atom. The summed E-state index contributed by atoms with van der Waals surface area (Å²) in [6.07, 6.45) is 0. The molecule has 0 aliphatic rings. The molecule has 1 amide bonds. The number of carbonyl (C=O) groups excluding carboxylic acids is 1. The van der Waals surface area contributed by atoms with E-state index < -0.39 is 11.7 Å². The SMILES string of the molecule is Cc1cc(NC(=O)c2ccc(Br)c(F)c2)ccc1F. The van der Waals surface area contributed by atoms with Crippen molar-refractivity contribution in [1.29, 1.82) is 0 Å². The van der Waals surface area contributed by atoms with Crippen LogP contribution in [0, 0.1) is 18.6 Å². The van der Waals surface area contributed by atoms with Crippen LogP contribution in [0.2, 0.25) is 0 Å². The van der Waals surface area contributed by atoms with E-state index in [-0.39, 0.29) is 11.4 Å². The smallest absolute Gasteiger partial charge is 0.255 e. The summed E-state index contributed by atoms with van der Waals surface area (Å²) in [6.45, 7) is 1.60. The number of carbonyl (C=O) groups is 1. The highest BCUT2D eigenvalue weighted by Gasteiger charge is 2.09. The second kappa shape index (κ2) is 5.48. The summed E-state index contributed by atoms with van der Waals surface area (Å²) >= 11 is 3.01. The average molecular weight is 326 g/mol. The van der Waals surface area contributed by atoms with Crippen LogP contribution in [0.15, 0.2) is 40.9 Å². The lowest BCUT2D eigenvalue weighted by Gasteiger charge is -2.07. The van der Waals surface area contributed by atoms with Gasteiger partial charge in [-0.1, -0.05) is 0 Å². The molecule has 0 saturated heterocycles. The third-order valence-electron chi connectivity index (χ3n) is 2.60. The van der Waals surface area contributed by atoms with E-state index in [4.69, 9.17) is 0 Å². The van der Waals surface area contributed by atoms with Crippen molar-refractivity contribution in [3.8, 4) is 0 Å². The largest absolute Gasteiger partial charge is 0.322 e. The second-order valence-corrected chi connectivity index (χ2v) is 4.90. The zero-order valence-electron chi connectivity index (χ0n) is 10.0. The van der Waals surface area contributed by atoms with Crippen molar-refractivity contribution in [3.05, 3.63) is 63.6 Å². The molecular formula is C14H10BrF2NO. The summed E-state index contributed by atoms with van der Waals surface area (Å²) < 4.78 is 26.7. The Balaban J connectivity index is 2.20. The topological polar surface area (TPSA) is 29.1 Å². The minimum absolute atomic E-state index is 0.197. The quantitative estimate of drug-likeness (QED) is 0.876. The average Bonchev–Trinajstić information content (AvgIpc) is 2.37. The standard InChI is InChI=1S/C14H10BrF2NO/c1-8-6-10(3-5-12(8)16)18-14(19)9-2-4-11(15)13(17)7-9/h2-7H,1H3,(H,18,19). The van der Waals surface area contributed by atoms with Crippen LogP contribution in [-0.4, -0.2) is 5.91 Å². The molecule has 0 heterocycles. The first-order valence-electron chi connectivity index (χ1n) is 5.50. The van der Waals surface area contributed by atoms with Gasteiger partial charge < -0.3 is 5.32 Å². The number of anilines is 1. The summed E-state index contributed by atoms with van der Waals surface area (Å²) in [5, 5.41) is 2.59. The van der Waals surface area contributed by atoms with Crippen molar-refractivity contribution in [2.75, 3.05) is 5.32 Å². The maximum Gasteiger partial charge on any atom is 0.255 e. The van der Waals surface area contributed by atoms with E-state index >= 15 is 0 Å². The van der Waals surface area contributed by atoms with Crippen molar-refractivity contribution in [2.24, 2.45) is 0 Å². The molecule has 19 heavy (non-hydrogen) atoms. The van der Waals surface area contributed by atoms with E-state index in [9.17, 15) is 13.6 Å². The lowest BCUT2D eigenvalue weighted by Crippen LogP contribution is -2.12. The highest BCUT2D eigenvalue weighted by Crippen LogP contribution is 2.18. The van der Waals surface area contributed by atoms with Gasteiger partial charge in [0.2, 0.25) is 0 Å². The van der Waals surface area contributed by atoms with Crippen LogP contribution in [0.1, 0.15) is 15.9 Å². The van der Waals surface area contributed by atoms with Gasteiger partial charge >= 0.3 is 0 Å². The van der Waals surface area contributed by atoms with Gasteiger partial charge in [0.15, 0.2) is 0 Å². The van der Waals surface area contributed by atoms with E-state index in [1.54, 1.807) is 6.92 Å². The van der Waals surface area contributed by atoms with Crippen molar-refractivity contribution in [3.63, 3.8) is 0 Å². The summed E-state index contributed by atoms with van der Waals surface area (Å²) in [7, 11) is 0. The first-order valence-corrected chi connectivity index (χ1v) is 6.29. The molecule has 0 saturated carbocycles. The molecule has 0 bridgehead atoms. The van der Waals surface area contributed by atoms with Gasteiger partial charge in [0.1, 0.15) is 11.6 Å².